The number of aromatic hydroxyl groups is 1. The highest BCUT2D eigenvalue weighted by atomic mass is 79.9. The summed E-state index contributed by atoms with van der Waals surface area (Å²) in [6.07, 6.45) is 1.30. The lowest BCUT2D eigenvalue weighted by Crippen LogP contribution is -2.09. The molecule has 0 amide bonds. The van der Waals surface area contributed by atoms with Crippen molar-refractivity contribution in [1.82, 2.24) is 14.4 Å². The molecule has 4 rings (SSSR count). The number of hydrogen-bond donors (Lipinski definition) is 1. The highest BCUT2D eigenvalue weighted by molar-refractivity contribution is 9.11. The Kier molecular flexibility index (Phi) is 3.88. The summed E-state index contributed by atoms with van der Waals surface area (Å²) in [4.78, 5) is 21.1. The standard InChI is InChI=1S/C16H9Br2F2N3O2/c17-9-1-6(2-10(18)15(9)25)14(24)13-12(8-3-11(8)20)22-16-21-4-7(19)5-23(13)16/h1-2,4-5,8,11,25H,3H2/t8-,11+/m0/s1. The molecule has 2 atom stereocenters. The number of ketones is 1. The van der Waals surface area contributed by atoms with Gasteiger partial charge in [-0.1, -0.05) is 0 Å². The number of carbonyl (C=O) groups excluding carboxylic acids is 1. The van der Waals surface area contributed by atoms with Crippen LogP contribution in [0.2, 0.25) is 0 Å². The number of benzene rings is 1. The van der Waals surface area contributed by atoms with Crippen molar-refractivity contribution < 1.29 is 18.7 Å². The Bertz CT molecular complexity index is 1010. The molecule has 9 heteroatoms. The highest BCUT2D eigenvalue weighted by Crippen LogP contribution is 2.45. The molecule has 2 aromatic heterocycles. The molecule has 5 nitrogen and oxygen atoms in total. The molecular weight excluding hydrogens is 464 g/mol. The van der Waals surface area contributed by atoms with Gasteiger partial charge in [0.2, 0.25) is 11.6 Å². The predicted molar refractivity (Wildman–Crippen MR) is 92.1 cm³/mol. The molecule has 0 unspecified atom stereocenters. The van der Waals surface area contributed by atoms with Crippen LogP contribution in [-0.2, 0) is 0 Å². The maximum Gasteiger partial charge on any atom is 0.234 e. The molecule has 0 aliphatic heterocycles. The molecule has 1 aliphatic rings. The van der Waals surface area contributed by atoms with Crippen molar-refractivity contribution in [1.29, 1.82) is 0 Å². The monoisotopic (exact) mass is 471 g/mol. The van der Waals surface area contributed by atoms with Crippen molar-refractivity contribution in [2.75, 3.05) is 0 Å². The summed E-state index contributed by atoms with van der Waals surface area (Å²) < 4.78 is 29.1. The van der Waals surface area contributed by atoms with Gasteiger partial charge in [-0.25, -0.2) is 18.7 Å². The van der Waals surface area contributed by atoms with Gasteiger partial charge in [-0.15, -0.1) is 0 Å². The third kappa shape index (κ3) is 2.75. The smallest absolute Gasteiger partial charge is 0.234 e. The zero-order valence-corrected chi connectivity index (χ0v) is 15.6. The number of halogens is 4. The van der Waals surface area contributed by atoms with Crippen LogP contribution in [0.5, 0.6) is 5.75 Å². The number of alkyl halides is 1. The number of phenols is 1. The quantitative estimate of drug-likeness (QED) is 0.581. The lowest BCUT2D eigenvalue weighted by Gasteiger charge is -2.07. The van der Waals surface area contributed by atoms with Crippen molar-refractivity contribution in [2.24, 2.45) is 0 Å². The summed E-state index contributed by atoms with van der Waals surface area (Å²) in [6, 6.07) is 2.89. The van der Waals surface area contributed by atoms with E-state index in [1.807, 2.05) is 0 Å². The van der Waals surface area contributed by atoms with E-state index >= 15 is 0 Å². The van der Waals surface area contributed by atoms with Gasteiger partial charge in [0.1, 0.15) is 17.6 Å². The molecule has 1 aliphatic carbocycles. The number of imidazole rings is 1. The number of carbonyl (C=O) groups is 1. The van der Waals surface area contributed by atoms with Gasteiger partial charge in [-0.05, 0) is 50.4 Å². The lowest BCUT2D eigenvalue weighted by molar-refractivity contribution is 0.103. The van der Waals surface area contributed by atoms with Crippen LogP contribution < -0.4 is 0 Å². The van der Waals surface area contributed by atoms with Gasteiger partial charge in [0, 0.05) is 11.5 Å². The summed E-state index contributed by atoms with van der Waals surface area (Å²) in [7, 11) is 0. The molecule has 0 radical (unpaired) electrons. The van der Waals surface area contributed by atoms with E-state index in [2.05, 4.69) is 41.8 Å². The van der Waals surface area contributed by atoms with Crippen molar-refractivity contribution >= 4 is 43.4 Å². The van der Waals surface area contributed by atoms with E-state index in [-0.39, 0.29) is 34.9 Å². The molecule has 2 heterocycles. The van der Waals surface area contributed by atoms with Gasteiger partial charge in [0.25, 0.3) is 0 Å². The maximum absolute atomic E-state index is 13.6. The van der Waals surface area contributed by atoms with E-state index in [1.165, 1.54) is 16.5 Å². The Balaban J connectivity index is 1.93. The van der Waals surface area contributed by atoms with Crippen molar-refractivity contribution in [3.8, 4) is 5.75 Å². The fourth-order valence-electron chi connectivity index (χ4n) is 2.69. The molecule has 1 N–H and O–H groups in total. The van der Waals surface area contributed by atoms with E-state index in [0.717, 1.165) is 12.4 Å². The molecular formula is C16H9Br2F2N3O2. The van der Waals surface area contributed by atoms with Gasteiger partial charge in [0.05, 0.1) is 27.0 Å². The van der Waals surface area contributed by atoms with Gasteiger partial charge < -0.3 is 5.11 Å². The summed E-state index contributed by atoms with van der Waals surface area (Å²) in [5, 5.41) is 9.81. The Morgan fingerprint density at radius 2 is 1.96 bits per heavy atom. The van der Waals surface area contributed by atoms with Crippen LogP contribution in [0, 0.1) is 5.82 Å². The minimum Gasteiger partial charge on any atom is -0.506 e. The Morgan fingerprint density at radius 3 is 2.56 bits per heavy atom. The normalized spacial score (nSPS) is 19.4. The highest BCUT2D eigenvalue weighted by Gasteiger charge is 2.44. The zero-order valence-electron chi connectivity index (χ0n) is 12.4. The summed E-state index contributed by atoms with van der Waals surface area (Å²) >= 11 is 6.34. The first-order chi connectivity index (χ1) is 11.9. The number of aromatic nitrogens is 3. The van der Waals surface area contributed by atoms with E-state index < -0.39 is 23.7 Å². The molecule has 128 valence electrons. The fraction of sp³-hybridized carbons (Fsp3) is 0.188. The van der Waals surface area contributed by atoms with Gasteiger partial charge in [-0.3, -0.25) is 9.20 Å². The van der Waals surface area contributed by atoms with E-state index in [4.69, 9.17) is 0 Å². The number of fused-ring (bicyclic) bond motifs is 1. The average Bonchev–Trinajstić information content (AvgIpc) is 3.17. The summed E-state index contributed by atoms with van der Waals surface area (Å²) in [5.41, 5.74) is 0.590. The van der Waals surface area contributed by atoms with Crippen LogP contribution >= 0.6 is 31.9 Å². The van der Waals surface area contributed by atoms with Crippen LogP contribution in [0.1, 0.15) is 34.1 Å². The van der Waals surface area contributed by atoms with Gasteiger partial charge in [-0.2, -0.15) is 0 Å². The minimum absolute atomic E-state index is 0.0476. The van der Waals surface area contributed by atoms with Crippen LogP contribution in [0.4, 0.5) is 8.78 Å². The van der Waals surface area contributed by atoms with Crippen LogP contribution in [0.15, 0.2) is 33.5 Å². The predicted octanol–water partition coefficient (Wildman–Crippen LogP) is 4.16. The zero-order chi connectivity index (χ0) is 17.9. The summed E-state index contributed by atoms with van der Waals surface area (Å²) in [5.74, 6) is -1.50. The van der Waals surface area contributed by atoms with E-state index in [0.29, 0.717) is 8.95 Å². The van der Waals surface area contributed by atoms with E-state index in [1.54, 1.807) is 0 Å². The van der Waals surface area contributed by atoms with E-state index in [9.17, 15) is 18.7 Å². The van der Waals surface area contributed by atoms with Gasteiger partial charge in [0.15, 0.2) is 5.82 Å². The number of nitrogens with zero attached hydrogens (tertiary/aromatic N) is 3. The Morgan fingerprint density at radius 1 is 1.32 bits per heavy atom. The van der Waals surface area contributed by atoms with Crippen LogP contribution in [-0.4, -0.2) is 31.4 Å². The first kappa shape index (κ1) is 16.6. The second kappa shape index (κ2) is 5.84. The van der Waals surface area contributed by atoms with Gasteiger partial charge >= 0.3 is 0 Å². The molecule has 3 aromatic rings. The molecule has 0 bridgehead atoms. The molecule has 25 heavy (non-hydrogen) atoms. The Hall–Kier alpha value is -1.87. The van der Waals surface area contributed by atoms with Crippen molar-refractivity contribution in [2.45, 2.75) is 18.5 Å². The van der Waals surface area contributed by atoms with Crippen LogP contribution in [0.3, 0.4) is 0 Å². The van der Waals surface area contributed by atoms with Crippen molar-refractivity contribution in [3.05, 3.63) is 56.2 Å². The SMILES string of the molecule is O=C(c1cc(Br)c(O)c(Br)c1)c1c([C@H]2C[C@H]2F)nc2ncc(F)cn12. The summed E-state index contributed by atoms with van der Waals surface area (Å²) in [6.45, 7) is 0. The average molecular weight is 473 g/mol. The lowest BCUT2D eigenvalue weighted by atomic mass is 10.0. The van der Waals surface area contributed by atoms with Crippen LogP contribution in [0.25, 0.3) is 5.78 Å². The molecule has 0 spiro atoms. The second-order valence-corrected chi connectivity index (χ2v) is 7.47. The Labute approximate surface area is 157 Å². The third-order valence-corrected chi connectivity index (χ3v) is 5.24. The number of rotatable bonds is 3. The topological polar surface area (TPSA) is 67.5 Å². The first-order valence-corrected chi connectivity index (χ1v) is 8.85. The largest absolute Gasteiger partial charge is 0.506 e. The van der Waals surface area contributed by atoms with Crippen molar-refractivity contribution in [3.63, 3.8) is 0 Å². The molecule has 1 fully saturated rings. The number of phenolic OH excluding ortho intramolecular Hbond substituents is 1. The molecule has 1 aromatic carbocycles. The molecule has 0 saturated heterocycles. The molecule has 1 saturated carbocycles. The third-order valence-electron chi connectivity index (χ3n) is 4.03. The maximum atomic E-state index is 13.6. The minimum atomic E-state index is -1.07. The first-order valence-electron chi connectivity index (χ1n) is 7.27. The fourth-order valence-corrected chi connectivity index (χ4v) is 3.88. The number of hydrogen-bond acceptors (Lipinski definition) is 4. The second-order valence-electron chi connectivity index (χ2n) is 5.76.